The van der Waals surface area contributed by atoms with Crippen molar-refractivity contribution in [1.29, 1.82) is 0 Å². The Labute approximate surface area is 192 Å². The van der Waals surface area contributed by atoms with Gasteiger partial charge in [-0.1, -0.05) is 6.07 Å². The lowest BCUT2D eigenvalue weighted by molar-refractivity contribution is -0.137. The van der Waals surface area contributed by atoms with Gasteiger partial charge in [0.2, 0.25) is 11.1 Å². The first-order valence-corrected chi connectivity index (χ1v) is 11.7. The summed E-state index contributed by atoms with van der Waals surface area (Å²) in [6.45, 7) is 4.22. The summed E-state index contributed by atoms with van der Waals surface area (Å²) in [6, 6.07) is 2.92. The van der Waals surface area contributed by atoms with Crippen LogP contribution in [0.3, 0.4) is 0 Å². The molecule has 2 aliphatic rings. The minimum atomic E-state index is -4.58. The lowest BCUT2D eigenvalue weighted by Gasteiger charge is -2.31. The Bertz CT molecular complexity index is 1130. The quantitative estimate of drug-likeness (QED) is 0.549. The molecule has 176 valence electrons. The maximum atomic E-state index is 14.6. The Morgan fingerprint density at radius 2 is 1.88 bits per heavy atom. The Kier molecular flexibility index (Phi) is 5.71. The molecule has 5 rings (SSSR count). The van der Waals surface area contributed by atoms with Crippen molar-refractivity contribution in [1.82, 2.24) is 24.1 Å². The first-order valence-electron chi connectivity index (χ1n) is 10.9. The van der Waals surface area contributed by atoms with Crippen LogP contribution in [-0.2, 0) is 12.7 Å². The van der Waals surface area contributed by atoms with E-state index in [9.17, 15) is 17.6 Å². The molecule has 7 nitrogen and oxygen atoms in total. The highest BCUT2D eigenvalue weighted by atomic mass is 32.1. The highest BCUT2D eigenvalue weighted by Gasteiger charge is 2.34. The summed E-state index contributed by atoms with van der Waals surface area (Å²) in [4.78, 5) is 11.3. The van der Waals surface area contributed by atoms with Gasteiger partial charge < -0.3 is 10.2 Å². The normalized spacial score (nSPS) is 19.5. The molecule has 1 unspecified atom stereocenters. The molecule has 0 aliphatic carbocycles. The average molecular weight is 482 g/mol. The van der Waals surface area contributed by atoms with Gasteiger partial charge >= 0.3 is 6.18 Å². The predicted octanol–water partition coefficient (Wildman–Crippen LogP) is 4.60. The average Bonchev–Trinajstić information content (AvgIpc) is 3.39. The Balaban J connectivity index is 1.29. The summed E-state index contributed by atoms with van der Waals surface area (Å²) in [6.07, 6.45) is -1.44. The van der Waals surface area contributed by atoms with Crippen LogP contribution in [0.5, 0.6) is 0 Å². The van der Waals surface area contributed by atoms with E-state index in [4.69, 9.17) is 0 Å². The highest BCUT2D eigenvalue weighted by molar-refractivity contribution is 7.09. The second-order valence-corrected chi connectivity index (χ2v) is 9.21. The van der Waals surface area contributed by atoms with E-state index in [-0.39, 0.29) is 11.6 Å². The molecule has 0 amide bonds. The van der Waals surface area contributed by atoms with Crippen molar-refractivity contribution in [3.8, 4) is 0 Å². The van der Waals surface area contributed by atoms with Crippen LogP contribution in [0.1, 0.15) is 54.4 Å². The van der Waals surface area contributed by atoms with Gasteiger partial charge in [-0.05, 0) is 50.3 Å². The topological polar surface area (TPSA) is 71.8 Å². The van der Waals surface area contributed by atoms with Gasteiger partial charge in [-0.3, -0.25) is 0 Å². The molecular weight excluding hydrogens is 458 g/mol. The lowest BCUT2D eigenvalue weighted by Crippen LogP contribution is -2.39. The van der Waals surface area contributed by atoms with E-state index in [1.165, 1.54) is 17.6 Å². The molecule has 0 bridgehead atoms. The van der Waals surface area contributed by atoms with E-state index in [0.717, 1.165) is 49.4 Å². The highest BCUT2D eigenvalue weighted by Crippen LogP contribution is 2.37. The molecule has 3 aromatic rings. The first kappa shape index (κ1) is 22.1. The molecule has 4 heterocycles. The second kappa shape index (κ2) is 8.54. The van der Waals surface area contributed by atoms with Gasteiger partial charge in [0.05, 0.1) is 5.56 Å². The third-order valence-corrected chi connectivity index (χ3v) is 7.06. The first-order chi connectivity index (χ1) is 15.8. The van der Waals surface area contributed by atoms with Crippen LogP contribution in [0.4, 0.5) is 28.6 Å². The van der Waals surface area contributed by atoms with Gasteiger partial charge in [0.1, 0.15) is 17.5 Å². The number of hydrogen-bond donors (Lipinski definition) is 1. The molecular formula is C21H23F4N7S. The van der Waals surface area contributed by atoms with Crippen LogP contribution in [-0.4, -0.2) is 43.3 Å². The summed E-state index contributed by atoms with van der Waals surface area (Å²) in [5, 5.41) is 8.87. The molecule has 1 N–H and O–H groups in total. The number of alkyl halides is 3. The van der Waals surface area contributed by atoms with Crippen molar-refractivity contribution in [3.05, 3.63) is 46.8 Å². The Morgan fingerprint density at radius 1 is 1.09 bits per heavy atom. The molecule has 1 saturated heterocycles. The van der Waals surface area contributed by atoms with Gasteiger partial charge in [0.25, 0.3) is 0 Å². The molecule has 0 spiro atoms. The van der Waals surface area contributed by atoms with Crippen LogP contribution in [0.25, 0.3) is 0 Å². The van der Waals surface area contributed by atoms with Gasteiger partial charge in [-0.25, -0.2) is 14.1 Å². The van der Waals surface area contributed by atoms with Gasteiger partial charge in [0.15, 0.2) is 0 Å². The molecule has 1 atom stereocenters. The van der Waals surface area contributed by atoms with E-state index in [1.54, 1.807) is 4.68 Å². The maximum absolute atomic E-state index is 14.6. The third-order valence-electron chi connectivity index (χ3n) is 6.19. The van der Waals surface area contributed by atoms with Crippen LogP contribution in [0.15, 0.2) is 18.2 Å². The fourth-order valence-corrected chi connectivity index (χ4v) is 5.23. The van der Waals surface area contributed by atoms with Crippen LogP contribution >= 0.6 is 11.5 Å². The summed E-state index contributed by atoms with van der Waals surface area (Å²) < 4.78 is 59.4. The van der Waals surface area contributed by atoms with Crippen LogP contribution < -0.4 is 10.2 Å². The number of fused-ring (bicyclic) bond motifs is 1. The molecule has 1 fully saturated rings. The maximum Gasteiger partial charge on any atom is 0.416 e. The van der Waals surface area contributed by atoms with Gasteiger partial charge in [-0.2, -0.15) is 22.5 Å². The van der Waals surface area contributed by atoms with E-state index in [0.29, 0.717) is 30.8 Å². The summed E-state index contributed by atoms with van der Waals surface area (Å²) in [5.74, 6) is 0.562. The van der Waals surface area contributed by atoms with Crippen molar-refractivity contribution in [2.24, 2.45) is 0 Å². The van der Waals surface area contributed by atoms with E-state index < -0.39 is 23.5 Å². The molecule has 1 aromatic carbocycles. The smallest absolute Gasteiger partial charge is 0.350 e. The zero-order valence-corrected chi connectivity index (χ0v) is 18.8. The lowest BCUT2D eigenvalue weighted by atomic mass is 9.90. The number of halogens is 4. The minimum absolute atomic E-state index is 0.195. The summed E-state index contributed by atoms with van der Waals surface area (Å²) in [7, 11) is 0. The number of piperidine rings is 1. The molecule has 0 saturated carbocycles. The van der Waals surface area contributed by atoms with Crippen LogP contribution in [0, 0.1) is 12.7 Å². The fraction of sp³-hybridized carbons (Fsp3) is 0.524. The number of rotatable bonds is 4. The molecule has 12 heteroatoms. The zero-order chi connectivity index (χ0) is 23.2. The molecule has 33 heavy (non-hydrogen) atoms. The Morgan fingerprint density at radius 3 is 2.55 bits per heavy atom. The van der Waals surface area contributed by atoms with Crippen molar-refractivity contribution in [2.45, 2.75) is 57.3 Å². The monoisotopic (exact) mass is 481 g/mol. The Hall–Kier alpha value is -2.76. The summed E-state index contributed by atoms with van der Waals surface area (Å²) >= 11 is 1.40. The second-order valence-electron chi connectivity index (χ2n) is 8.48. The van der Waals surface area contributed by atoms with Crippen molar-refractivity contribution >= 4 is 22.6 Å². The van der Waals surface area contributed by atoms with Crippen molar-refractivity contribution in [3.63, 3.8) is 0 Å². The molecule has 0 radical (unpaired) electrons. The molecule has 2 aromatic heterocycles. The van der Waals surface area contributed by atoms with Gasteiger partial charge in [0, 0.05) is 43.1 Å². The predicted molar refractivity (Wildman–Crippen MR) is 116 cm³/mol. The van der Waals surface area contributed by atoms with E-state index in [2.05, 4.69) is 29.7 Å². The fourth-order valence-electron chi connectivity index (χ4n) is 4.50. The number of anilines is 2. The number of aryl methyl sites for hydroxylation is 2. The SMILES string of the molecule is Cc1nsc(N2CCC(Nc3nc4n(n3)CCCC4c3ccc(C(F)(F)F)cc3F)CC2)n1. The van der Waals surface area contributed by atoms with Crippen LogP contribution in [0.2, 0.25) is 0 Å². The largest absolute Gasteiger partial charge is 0.416 e. The number of nitrogens with zero attached hydrogens (tertiary/aromatic N) is 6. The minimum Gasteiger partial charge on any atom is -0.350 e. The van der Waals surface area contributed by atoms with E-state index >= 15 is 0 Å². The van der Waals surface area contributed by atoms with Crippen molar-refractivity contribution < 1.29 is 17.6 Å². The third kappa shape index (κ3) is 4.53. The zero-order valence-electron chi connectivity index (χ0n) is 17.9. The molecule has 2 aliphatic heterocycles. The number of hydrogen-bond acceptors (Lipinski definition) is 7. The standard InChI is InChI=1S/C21H23F4N7S/c1-12-26-20(33-30-12)31-9-6-14(7-10-31)27-19-28-18-16(3-2-8-32(18)29-19)15-5-4-13(11-17(15)22)21(23,24)25/h4-5,11,14,16H,2-3,6-10H2,1H3,(H,27,29). The number of aromatic nitrogens is 5. The van der Waals surface area contributed by atoms with Gasteiger partial charge in [-0.15, -0.1) is 5.10 Å². The summed E-state index contributed by atoms with van der Waals surface area (Å²) in [5.41, 5.74) is -0.762. The number of benzene rings is 1. The van der Waals surface area contributed by atoms with E-state index in [1.807, 2.05) is 6.92 Å². The number of nitrogens with one attached hydrogen (secondary N) is 1. The van der Waals surface area contributed by atoms with Crippen molar-refractivity contribution in [2.75, 3.05) is 23.3 Å².